The molecule has 0 saturated heterocycles. The standard InChI is InChI=1S/C12H20N2O2/c1-9(11(15)13-3)7-5-6-8-10(2)12(16)14-4/h7-8H,5-6H2,1-4H3,(H,13,15)(H,14,16). The Labute approximate surface area is 96.8 Å². The summed E-state index contributed by atoms with van der Waals surface area (Å²) >= 11 is 0. The van der Waals surface area contributed by atoms with Crippen LogP contribution in [0.5, 0.6) is 0 Å². The van der Waals surface area contributed by atoms with Crippen LogP contribution in [0.25, 0.3) is 0 Å². The number of hydrogen-bond acceptors (Lipinski definition) is 2. The molecule has 0 radical (unpaired) electrons. The number of carbonyl (C=O) groups is 2. The number of carbonyl (C=O) groups excluding carboxylic acids is 2. The molecule has 90 valence electrons. The Kier molecular flexibility index (Phi) is 6.92. The summed E-state index contributed by atoms with van der Waals surface area (Å²) in [5.41, 5.74) is 1.40. The van der Waals surface area contributed by atoms with Gasteiger partial charge in [0.1, 0.15) is 0 Å². The molecule has 0 bridgehead atoms. The van der Waals surface area contributed by atoms with Crippen molar-refractivity contribution in [2.45, 2.75) is 26.7 Å². The third-order valence-electron chi connectivity index (χ3n) is 2.24. The molecule has 0 aliphatic carbocycles. The summed E-state index contributed by atoms with van der Waals surface area (Å²) in [6.45, 7) is 3.54. The lowest BCUT2D eigenvalue weighted by Gasteiger charge is -1.99. The zero-order chi connectivity index (χ0) is 12.6. The van der Waals surface area contributed by atoms with E-state index in [1.54, 1.807) is 27.9 Å². The number of likely N-dealkylation sites (N-methyl/N-ethyl adjacent to an activating group) is 2. The number of rotatable bonds is 5. The highest BCUT2D eigenvalue weighted by Crippen LogP contribution is 2.02. The van der Waals surface area contributed by atoms with Crippen molar-refractivity contribution in [1.29, 1.82) is 0 Å². The van der Waals surface area contributed by atoms with E-state index in [1.807, 2.05) is 12.2 Å². The number of allylic oxidation sites excluding steroid dienone is 2. The van der Waals surface area contributed by atoms with Crippen molar-refractivity contribution in [2.75, 3.05) is 14.1 Å². The molecule has 2 N–H and O–H groups in total. The van der Waals surface area contributed by atoms with Gasteiger partial charge >= 0.3 is 0 Å². The van der Waals surface area contributed by atoms with Crippen molar-refractivity contribution in [3.8, 4) is 0 Å². The van der Waals surface area contributed by atoms with E-state index in [-0.39, 0.29) is 11.8 Å². The molecular formula is C12H20N2O2. The van der Waals surface area contributed by atoms with Gasteiger partial charge in [0, 0.05) is 25.2 Å². The highest BCUT2D eigenvalue weighted by Gasteiger charge is 2.00. The largest absolute Gasteiger partial charge is 0.355 e. The van der Waals surface area contributed by atoms with Crippen molar-refractivity contribution in [1.82, 2.24) is 10.6 Å². The van der Waals surface area contributed by atoms with Crippen LogP contribution in [0.15, 0.2) is 23.3 Å². The predicted octanol–water partition coefficient (Wildman–Crippen LogP) is 1.15. The number of hydrogen-bond donors (Lipinski definition) is 2. The molecule has 4 heteroatoms. The van der Waals surface area contributed by atoms with Crippen LogP contribution < -0.4 is 10.6 Å². The maximum absolute atomic E-state index is 11.1. The first-order valence-corrected chi connectivity index (χ1v) is 5.30. The highest BCUT2D eigenvalue weighted by molar-refractivity contribution is 5.93. The number of nitrogens with one attached hydrogen (secondary N) is 2. The molecule has 0 aromatic rings. The van der Waals surface area contributed by atoms with Gasteiger partial charge in [0.15, 0.2) is 0 Å². The summed E-state index contributed by atoms with van der Waals surface area (Å²) in [6.07, 6.45) is 5.25. The molecule has 0 aromatic heterocycles. The number of unbranched alkanes of at least 4 members (excludes halogenated alkanes) is 1. The third kappa shape index (κ3) is 5.34. The molecule has 0 unspecified atom stereocenters. The molecule has 4 nitrogen and oxygen atoms in total. The summed E-state index contributed by atoms with van der Waals surface area (Å²) in [4.78, 5) is 22.3. The van der Waals surface area contributed by atoms with E-state index in [0.29, 0.717) is 11.1 Å². The van der Waals surface area contributed by atoms with E-state index in [4.69, 9.17) is 0 Å². The lowest BCUT2D eigenvalue weighted by atomic mass is 10.1. The van der Waals surface area contributed by atoms with Gasteiger partial charge in [-0.05, 0) is 26.7 Å². The second-order valence-electron chi connectivity index (χ2n) is 3.51. The van der Waals surface area contributed by atoms with E-state index in [0.717, 1.165) is 12.8 Å². The number of amides is 2. The third-order valence-corrected chi connectivity index (χ3v) is 2.24. The first-order chi connectivity index (χ1) is 7.52. The smallest absolute Gasteiger partial charge is 0.246 e. The van der Waals surface area contributed by atoms with Crippen LogP contribution in [0.2, 0.25) is 0 Å². The van der Waals surface area contributed by atoms with Crippen LogP contribution in [0, 0.1) is 0 Å². The molecule has 0 aliphatic rings. The molecule has 0 aliphatic heterocycles. The summed E-state index contributed by atoms with van der Waals surface area (Å²) in [7, 11) is 3.21. The Morgan fingerprint density at radius 1 is 0.875 bits per heavy atom. The van der Waals surface area contributed by atoms with E-state index in [1.165, 1.54) is 0 Å². The average Bonchev–Trinajstić information content (AvgIpc) is 2.31. The fourth-order valence-corrected chi connectivity index (χ4v) is 1.18. The van der Waals surface area contributed by atoms with Crippen LogP contribution in [0.1, 0.15) is 26.7 Å². The lowest BCUT2D eigenvalue weighted by Crippen LogP contribution is -2.18. The van der Waals surface area contributed by atoms with Gasteiger partial charge in [-0.15, -0.1) is 0 Å². The predicted molar refractivity (Wildman–Crippen MR) is 64.9 cm³/mol. The van der Waals surface area contributed by atoms with Crippen LogP contribution in [0.4, 0.5) is 0 Å². The van der Waals surface area contributed by atoms with E-state index < -0.39 is 0 Å². The summed E-state index contributed by atoms with van der Waals surface area (Å²) in [5.74, 6) is -0.126. The molecule has 0 aromatic carbocycles. The van der Waals surface area contributed by atoms with Crippen LogP contribution in [-0.2, 0) is 9.59 Å². The first kappa shape index (κ1) is 14.4. The quantitative estimate of drug-likeness (QED) is 0.543. The Morgan fingerprint density at radius 3 is 1.44 bits per heavy atom. The van der Waals surface area contributed by atoms with Crippen molar-refractivity contribution in [2.24, 2.45) is 0 Å². The van der Waals surface area contributed by atoms with Gasteiger partial charge in [-0.2, -0.15) is 0 Å². The minimum atomic E-state index is -0.0630. The van der Waals surface area contributed by atoms with Crippen LogP contribution in [-0.4, -0.2) is 25.9 Å². The van der Waals surface area contributed by atoms with Crippen molar-refractivity contribution in [3.05, 3.63) is 23.3 Å². The highest BCUT2D eigenvalue weighted by atomic mass is 16.2. The van der Waals surface area contributed by atoms with Crippen molar-refractivity contribution >= 4 is 11.8 Å². The monoisotopic (exact) mass is 224 g/mol. The van der Waals surface area contributed by atoms with Crippen molar-refractivity contribution < 1.29 is 9.59 Å². The van der Waals surface area contributed by atoms with Crippen LogP contribution >= 0.6 is 0 Å². The topological polar surface area (TPSA) is 58.2 Å². The second-order valence-corrected chi connectivity index (χ2v) is 3.51. The van der Waals surface area contributed by atoms with Gasteiger partial charge in [0.05, 0.1) is 0 Å². The van der Waals surface area contributed by atoms with Gasteiger partial charge in [-0.3, -0.25) is 9.59 Å². The minimum absolute atomic E-state index is 0.0630. The van der Waals surface area contributed by atoms with E-state index in [2.05, 4.69) is 10.6 Å². The molecule has 0 saturated carbocycles. The van der Waals surface area contributed by atoms with Gasteiger partial charge in [0.25, 0.3) is 0 Å². The first-order valence-electron chi connectivity index (χ1n) is 5.30. The molecule has 16 heavy (non-hydrogen) atoms. The maximum Gasteiger partial charge on any atom is 0.246 e. The summed E-state index contributed by atoms with van der Waals surface area (Å²) in [6, 6.07) is 0. The molecular weight excluding hydrogens is 204 g/mol. The lowest BCUT2D eigenvalue weighted by molar-refractivity contribution is -0.117. The van der Waals surface area contributed by atoms with Gasteiger partial charge in [-0.1, -0.05) is 12.2 Å². The molecule has 0 fully saturated rings. The maximum atomic E-state index is 11.1. The fraction of sp³-hybridized carbons (Fsp3) is 0.500. The SMILES string of the molecule is CNC(=O)C(C)=CCCC=C(C)C(=O)NC. The zero-order valence-electron chi connectivity index (χ0n) is 10.4. The Morgan fingerprint density at radius 2 is 1.19 bits per heavy atom. The molecule has 2 amide bonds. The molecule has 0 spiro atoms. The normalized spacial score (nSPS) is 12.2. The van der Waals surface area contributed by atoms with E-state index in [9.17, 15) is 9.59 Å². The fourth-order valence-electron chi connectivity index (χ4n) is 1.18. The van der Waals surface area contributed by atoms with Gasteiger partial charge in [0.2, 0.25) is 11.8 Å². The van der Waals surface area contributed by atoms with Gasteiger partial charge in [-0.25, -0.2) is 0 Å². The summed E-state index contributed by atoms with van der Waals surface area (Å²) < 4.78 is 0. The average molecular weight is 224 g/mol. The van der Waals surface area contributed by atoms with Gasteiger partial charge < -0.3 is 10.6 Å². The van der Waals surface area contributed by atoms with E-state index >= 15 is 0 Å². The molecule has 0 heterocycles. The van der Waals surface area contributed by atoms with Crippen molar-refractivity contribution in [3.63, 3.8) is 0 Å². The van der Waals surface area contributed by atoms with Crippen LogP contribution in [0.3, 0.4) is 0 Å². The Hall–Kier alpha value is -1.58. The Balaban J connectivity index is 4.09. The molecule has 0 rings (SSSR count). The minimum Gasteiger partial charge on any atom is -0.355 e. The second kappa shape index (κ2) is 7.68. The summed E-state index contributed by atoms with van der Waals surface area (Å²) in [5, 5.41) is 5.11. The zero-order valence-corrected chi connectivity index (χ0v) is 10.4. The molecule has 0 atom stereocenters. The Bertz CT molecular complexity index is 285.